The number of hydrogen-bond donors (Lipinski definition) is 0. The molecule has 0 amide bonds. The Kier molecular flexibility index (Phi) is 5.17. The molecule has 0 unspecified atom stereocenters. The van der Waals surface area contributed by atoms with Crippen LogP contribution in [-0.4, -0.2) is 9.97 Å². The summed E-state index contributed by atoms with van der Waals surface area (Å²) >= 11 is 0. The zero-order valence-corrected chi connectivity index (χ0v) is 20.5. The number of benzene rings is 5. The Balaban J connectivity index is 1.50. The molecule has 0 fully saturated rings. The van der Waals surface area contributed by atoms with Crippen molar-refractivity contribution >= 4 is 32.3 Å². The average Bonchev–Trinajstić information content (AvgIpc) is 3.00. The Labute approximate surface area is 220 Å². The van der Waals surface area contributed by atoms with E-state index in [1.165, 1.54) is 49.0 Å². The fraction of sp³-hybridized carbons (Fsp3) is 0. The molecule has 2 aromatic heterocycles. The van der Waals surface area contributed by atoms with Gasteiger partial charge in [-0.2, -0.15) is 5.26 Å². The number of aromatic nitrogens is 2. The summed E-state index contributed by atoms with van der Waals surface area (Å²) in [6.07, 6.45) is 3.59. The highest BCUT2D eigenvalue weighted by molar-refractivity contribution is 6.23. The molecule has 0 spiro atoms. The first kappa shape index (κ1) is 21.9. The second kappa shape index (κ2) is 8.96. The first-order valence-corrected chi connectivity index (χ1v) is 12.6. The monoisotopic (exact) mass is 483 g/mol. The van der Waals surface area contributed by atoms with Crippen LogP contribution in [0.1, 0.15) is 5.69 Å². The predicted octanol–water partition coefficient (Wildman–Crippen LogP) is 8.81. The van der Waals surface area contributed by atoms with Crippen LogP contribution in [0, 0.1) is 11.3 Å². The molecule has 0 aliphatic rings. The Morgan fingerprint density at radius 3 is 1.82 bits per heavy atom. The van der Waals surface area contributed by atoms with Gasteiger partial charge in [-0.15, -0.1) is 0 Å². The van der Waals surface area contributed by atoms with Crippen molar-refractivity contribution in [2.24, 2.45) is 0 Å². The molecule has 5 aromatic carbocycles. The summed E-state index contributed by atoms with van der Waals surface area (Å²) < 4.78 is 0. The van der Waals surface area contributed by atoms with Crippen molar-refractivity contribution in [3.8, 4) is 39.6 Å². The minimum Gasteiger partial charge on any atom is -0.256 e. The molecule has 0 N–H and O–H groups in total. The van der Waals surface area contributed by atoms with E-state index in [2.05, 4.69) is 108 Å². The van der Waals surface area contributed by atoms with E-state index in [1.54, 1.807) is 12.3 Å². The van der Waals surface area contributed by atoms with Gasteiger partial charge >= 0.3 is 0 Å². The zero-order valence-electron chi connectivity index (χ0n) is 20.5. The van der Waals surface area contributed by atoms with Crippen LogP contribution in [0.2, 0.25) is 0 Å². The van der Waals surface area contributed by atoms with Gasteiger partial charge in [0.25, 0.3) is 0 Å². The van der Waals surface area contributed by atoms with Crippen molar-refractivity contribution < 1.29 is 0 Å². The summed E-state index contributed by atoms with van der Waals surface area (Å²) in [5.74, 6) is 0. The highest BCUT2D eigenvalue weighted by atomic mass is 14.7. The highest BCUT2D eigenvalue weighted by Gasteiger charge is 2.18. The number of rotatable bonds is 3. The van der Waals surface area contributed by atoms with E-state index < -0.39 is 0 Å². The summed E-state index contributed by atoms with van der Waals surface area (Å²) in [6.45, 7) is 0. The first-order chi connectivity index (χ1) is 18.8. The Bertz CT molecular complexity index is 1970. The smallest absolute Gasteiger partial charge is 0.141 e. The zero-order chi connectivity index (χ0) is 25.5. The number of hydrogen-bond acceptors (Lipinski definition) is 3. The van der Waals surface area contributed by atoms with Crippen LogP contribution in [0.15, 0.2) is 128 Å². The average molecular weight is 484 g/mol. The molecule has 7 rings (SSSR count). The third-order valence-corrected chi connectivity index (χ3v) is 7.21. The van der Waals surface area contributed by atoms with Crippen molar-refractivity contribution in [2.75, 3.05) is 0 Å². The van der Waals surface area contributed by atoms with Gasteiger partial charge in [-0.3, -0.25) is 4.98 Å². The van der Waals surface area contributed by atoms with E-state index in [-0.39, 0.29) is 0 Å². The second-order valence-corrected chi connectivity index (χ2v) is 9.34. The van der Waals surface area contributed by atoms with Crippen molar-refractivity contribution in [2.45, 2.75) is 0 Å². The van der Waals surface area contributed by atoms with Gasteiger partial charge < -0.3 is 0 Å². The molecule has 0 aliphatic carbocycles. The van der Waals surface area contributed by atoms with E-state index in [9.17, 15) is 5.26 Å². The van der Waals surface area contributed by atoms with Crippen molar-refractivity contribution in [1.29, 1.82) is 5.26 Å². The second-order valence-electron chi connectivity index (χ2n) is 9.34. The van der Waals surface area contributed by atoms with Gasteiger partial charge in [-0.25, -0.2) is 4.98 Å². The maximum atomic E-state index is 9.23. The van der Waals surface area contributed by atoms with Crippen LogP contribution in [-0.2, 0) is 0 Å². The van der Waals surface area contributed by atoms with Gasteiger partial charge in [0.2, 0.25) is 0 Å². The standard InChI is InChI=1S/C35H21N3/c36-21-26-20-24(18-19-37-26)33-17-16-25(22-38-33)34-29-11-3-5-13-31(29)35(32-14-6-4-12-30(32)34)28-15-7-9-23-8-1-2-10-27(23)28/h1-20,22H. The van der Waals surface area contributed by atoms with E-state index in [4.69, 9.17) is 4.98 Å². The van der Waals surface area contributed by atoms with Crippen molar-refractivity contribution in [1.82, 2.24) is 9.97 Å². The summed E-state index contributed by atoms with van der Waals surface area (Å²) in [6, 6.07) is 42.4. The number of nitriles is 1. The molecule has 0 saturated carbocycles. The normalized spacial score (nSPS) is 11.1. The maximum Gasteiger partial charge on any atom is 0.141 e. The van der Waals surface area contributed by atoms with Gasteiger partial charge in [0.1, 0.15) is 11.8 Å². The van der Waals surface area contributed by atoms with E-state index in [0.29, 0.717) is 5.69 Å². The van der Waals surface area contributed by atoms with Crippen LogP contribution in [0.5, 0.6) is 0 Å². The topological polar surface area (TPSA) is 49.6 Å². The van der Waals surface area contributed by atoms with Crippen LogP contribution >= 0.6 is 0 Å². The Morgan fingerprint density at radius 1 is 0.526 bits per heavy atom. The molecule has 0 aliphatic heterocycles. The van der Waals surface area contributed by atoms with E-state index in [0.717, 1.165) is 16.8 Å². The number of nitrogens with zero attached hydrogens (tertiary/aromatic N) is 3. The van der Waals surface area contributed by atoms with Gasteiger partial charge in [0.05, 0.1) is 5.69 Å². The first-order valence-electron chi connectivity index (χ1n) is 12.6. The summed E-state index contributed by atoms with van der Waals surface area (Å²) in [7, 11) is 0. The quantitative estimate of drug-likeness (QED) is 0.236. The lowest BCUT2D eigenvalue weighted by Crippen LogP contribution is -1.92. The van der Waals surface area contributed by atoms with Crippen molar-refractivity contribution in [3.63, 3.8) is 0 Å². The minimum atomic E-state index is 0.384. The van der Waals surface area contributed by atoms with Crippen molar-refractivity contribution in [3.05, 3.63) is 133 Å². The third kappa shape index (κ3) is 3.51. The molecular formula is C35H21N3. The lowest BCUT2D eigenvalue weighted by molar-refractivity contribution is 1.25. The Morgan fingerprint density at radius 2 is 1.16 bits per heavy atom. The molecule has 2 heterocycles. The predicted molar refractivity (Wildman–Crippen MR) is 156 cm³/mol. The summed E-state index contributed by atoms with van der Waals surface area (Å²) in [5, 5.41) is 16.5. The van der Waals surface area contributed by atoms with E-state index >= 15 is 0 Å². The highest BCUT2D eigenvalue weighted by Crippen LogP contribution is 2.45. The number of fused-ring (bicyclic) bond motifs is 3. The molecule has 0 atom stereocenters. The van der Waals surface area contributed by atoms with Crippen LogP contribution in [0.25, 0.3) is 65.8 Å². The fourth-order valence-corrected chi connectivity index (χ4v) is 5.54. The maximum absolute atomic E-state index is 9.23. The van der Waals surface area contributed by atoms with Crippen LogP contribution in [0.3, 0.4) is 0 Å². The molecule has 176 valence electrons. The fourth-order valence-electron chi connectivity index (χ4n) is 5.54. The summed E-state index contributed by atoms with van der Waals surface area (Å²) in [4.78, 5) is 8.88. The molecular weight excluding hydrogens is 462 g/mol. The van der Waals surface area contributed by atoms with Gasteiger partial charge in [-0.05, 0) is 67.2 Å². The molecule has 3 nitrogen and oxygen atoms in total. The molecule has 0 saturated heterocycles. The lowest BCUT2D eigenvalue weighted by Gasteiger charge is -2.18. The SMILES string of the molecule is N#Cc1cc(-c2ccc(-c3c4ccccc4c(-c4cccc5ccccc45)c4ccccc34)cn2)ccn1. The lowest BCUT2D eigenvalue weighted by atomic mass is 9.85. The van der Waals surface area contributed by atoms with Crippen LogP contribution < -0.4 is 0 Å². The summed E-state index contributed by atoms with van der Waals surface area (Å²) in [5.41, 5.74) is 6.79. The Hall–Kier alpha value is -5.33. The minimum absolute atomic E-state index is 0.384. The number of pyridine rings is 2. The molecule has 0 radical (unpaired) electrons. The molecule has 38 heavy (non-hydrogen) atoms. The van der Waals surface area contributed by atoms with Gasteiger partial charge in [0.15, 0.2) is 0 Å². The molecule has 3 heteroatoms. The van der Waals surface area contributed by atoms with Gasteiger partial charge in [-0.1, -0.05) is 97.1 Å². The third-order valence-electron chi connectivity index (χ3n) is 7.21. The molecule has 7 aromatic rings. The van der Waals surface area contributed by atoms with E-state index in [1.807, 2.05) is 18.3 Å². The van der Waals surface area contributed by atoms with Gasteiger partial charge in [0, 0.05) is 23.5 Å². The molecule has 0 bridgehead atoms. The van der Waals surface area contributed by atoms with Crippen LogP contribution in [0.4, 0.5) is 0 Å². The largest absolute Gasteiger partial charge is 0.256 e.